The first-order chi connectivity index (χ1) is 18.3. The smallest absolute Gasteiger partial charge is 0.243 e. The van der Waals surface area contributed by atoms with Crippen LogP contribution in [0.4, 0.5) is 0 Å². The fraction of sp³-hybridized carbons (Fsp3) is 0.355. The highest BCUT2D eigenvalue weighted by atomic mass is 79.9. The van der Waals surface area contributed by atoms with Crippen LogP contribution in [0, 0.1) is 0 Å². The zero-order chi connectivity index (χ0) is 27.5. The number of nitrogens with one attached hydrogen (secondary N) is 1. The summed E-state index contributed by atoms with van der Waals surface area (Å²) >= 11 is 3.48. The lowest BCUT2D eigenvalue weighted by Crippen LogP contribution is -2.52. The van der Waals surface area contributed by atoms with E-state index in [9.17, 15) is 9.59 Å². The molecule has 0 saturated heterocycles. The monoisotopic (exact) mass is 580 g/mol. The first-order valence-electron chi connectivity index (χ1n) is 12.9. The molecular formula is C31H37BrN2O4. The molecule has 2 amide bonds. The van der Waals surface area contributed by atoms with Crippen LogP contribution in [0.3, 0.4) is 0 Å². The van der Waals surface area contributed by atoms with E-state index in [1.54, 1.807) is 19.1 Å². The zero-order valence-corrected chi connectivity index (χ0v) is 24.2. The Morgan fingerprint density at radius 3 is 2.18 bits per heavy atom. The number of rotatable bonds is 13. The molecule has 0 unspecified atom stereocenters. The second-order valence-electron chi connectivity index (χ2n) is 9.36. The number of hydrogen-bond acceptors (Lipinski definition) is 4. The Hall–Kier alpha value is -3.32. The maximum absolute atomic E-state index is 13.8. The quantitative estimate of drug-likeness (QED) is 0.271. The molecule has 0 aliphatic carbocycles. The molecule has 1 N–H and O–H groups in total. The number of halogens is 1. The van der Waals surface area contributed by atoms with Crippen LogP contribution in [0.2, 0.25) is 0 Å². The maximum atomic E-state index is 13.8. The maximum Gasteiger partial charge on any atom is 0.243 e. The van der Waals surface area contributed by atoms with Crippen molar-refractivity contribution in [2.45, 2.75) is 58.2 Å². The molecule has 202 valence electrons. The number of benzene rings is 3. The lowest BCUT2D eigenvalue weighted by molar-refractivity contribution is -0.141. The molecule has 3 aromatic carbocycles. The summed E-state index contributed by atoms with van der Waals surface area (Å²) < 4.78 is 11.7. The molecule has 6 nitrogen and oxygen atoms in total. The Morgan fingerprint density at radius 1 is 0.895 bits per heavy atom. The van der Waals surface area contributed by atoms with Crippen LogP contribution in [0.1, 0.15) is 43.4 Å². The number of hydrogen-bond donors (Lipinski definition) is 1. The van der Waals surface area contributed by atoms with Crippen LogP contribution in [-0.4, -0.2) is 43.0 Å². The van der Waals surface area contributed by atoms with Crippen molar-refractivity contribution in [3.63, 3.8) is 0 Å². The topological polar surface area (TPSA) is 67.9 Å². The molecule has 3 rings (SSSR count). The predicted molar refractivity (Wildman–Crippen MR) is 154 cm³/mol. The van der Waals surface area contributed by atoms with Gasteiger partial charge in [-0.05, 0) is 60.7 Å². The molecule has 0 aliphatic rings. The molecular weight excluding hydrogens is 544 g/mol. The lowest BCUT2D eigenvalue weighted by Gasteiger charge is -2.32. The molecule has 0 heterocycles. The van der Waals surface area contributed by atoms with Crippen molar-refractivity contribution in [3.8, 4) is 11.5 Å². The van der Waals surface area contributed by atoms with Crippen molar-refractivity contribution in [2.75, 3.05) is 14.2 Å². The van der Waals surface area contributed by atoms with Crippen molar-refractivity contribution in [1.29, 1.82) is 0 Å². The molecule has 0 bridgehead atoms. The van der Waals surface area contributed by atoms with Gasteiger partial charge < -0.3 is 19.7 Å². The summed E-state index contributed by atoms with van der Waals surface area (Å²) in [5.41, 5.74) is 2.93. The van der Waals surface area contributed by atoms with Gasteiger partial charge in [-0.25, -0.2) is 0 Å². The second-order valence-corrected chi connectivity index (χ2v) is 10.3. The Bertz CT molecular complexity index is 1180. The van der Waals surface area contributed by atoms with E-state index in [2.05, 4.69) is 21.2 Å². The number of methoxy groups -OCH3 is 2. The van der Waals surface area contributed by atoms with Crippen molar-refractivity contribution in [1.82, 2.24) is 10.2 Å². The minimum atomic E-state index is -0.645. The van der Waals surface area contributed by atoms with Crippen LogP contribution < -0.4 is 14.8 Å². The zero-order valence-electron chi connectivity index (χ0n) is 22.6. The van der Waals surface area contributed by atoms with Crippen LogP contribution >= 0.6 is 15.9 Å². The number of carbonyl (C=O) groups excluding carboxylic acids is 2. The predicted octanol–water partition coefficient (Wildman–Crippen LogP) is 5.95. The Labute approximate surface area is 234 Å². The minimum absolute atomic E-state index is 0.0113. The first-order valence-corrected chi connectivity index (χ1v) is 13.7. The first kappa shape index (κ1) is 29.2. The number of aryl methyl sites for hydroxylation is 1. The summed E-state index contributed by atoms with van der Waals surface area (Å²) in [6, 6.07) is 22.7. The van der Waals surface area contributed by atoms with E-state index >= 15 is 0 Å². The van der Waals surface area contributed by atoms with Crippen molar-refractivity contribution >= 4 is 27.7 Å². The van der Waals surface area contributed by atoms with Crippen molar-refractivity contribution < 1.29 is 19.1 Å². The van der Waals surface area contributed by atoms with E-state index in [-0.39, 0.29) is 24.3 Å². The van der Waals surface area contributed by atoms with Gasteiger partial charge in [0, 0.05) is 29.9 Å². The molecule has 0 radical (unpaired) electrons. The van der Waals surface area contributed by atoms with Crippen molar-refractivity contribution in [2.24, 2.45) is 0 Å². The average Bonchev–Trinajstić information content (AvgIpc) is 2.94. The Morgan fingerprint density at radius 2 is 1.55 bits per heavy atom. The van der Waals surface area contributed by atoms with E-state index in [1.165, 1.54) is 0 Å². The summed E-state index contributed by atoms with van der Waals surface area (Å²) in [4.78, 5) is 29.2. The molecule has 7 heteroatoms. The number of carbonyl (C=O) groups is 2. The van der Waals surface area contributed by atoms with E-state index < -0.39 is 6.04 Å². The SMILES string of the molecule is CC[C@@H](C)NC(=O)[C@H](Cc1ccccc1)N(Cc1ccc(Br)cc1)C(=O)CCc1ccc(OC)c(OC)c1. The molecule has 0 fully saturated rings. The normalized spacial score (nSPS) is 12.3. The highest BCUT2D eigenvalue weighted by Crippen LogP contribution is 2.28. The number of ether oxygens (including phenoxy) is 2. The van der Waals surface area contributed by atoms with Crippen LogP contribution in [0.5, 0.6) is 11.5 Å². The molecule has 3 aromatic rings. The van der Waals surface area contributed by atoms with E-state index in [0.717, 1.165) is 27.6 Å². The molecule has 0 aliphatic heterocycles. The molecule has 0 saturated carbocycles. The summed E-state index contributed by atoms with van der Waals surface area (Å²) in [5.74, 6) is 1.05. The van der Waals surface area contributed by atoms with Gasteiger partial charge in [-0.15, -0.1) is 0 Å². The number of nitrogens with zero attached hydrogens (tertiary/aromatic N) is 1. The summed E-state index contributed by atoms with van der Waals surface area (Å²) in [5, 5.41) is 3.11. The third-order valence-electron chi connectivity index (χ3n) is 6.61. The Kier molecular flexibility index (Phi) is 11.2. The van der Waals surface area contributed by atoms with Gasteiger partial charge in [-0.1, -0.05) is 71.4 Å². The summed E-state index contributed by atoms with van der Waals surface area (Å²) in [6.07, 6.45) is 2.01. The summed E-state index contributed by atoms with van der Waals surface area (Å²) in [6.45, 7) is 4.35. The van der Waals surface area contributed by atoms with Gasteiger partial charge in [0.1, 0.15) is 6.04 Å². The third kappa shape index (κ3) is 8.35. The van der Waals surface area contributed by atoms with Gasteiger partial charge in [0.15, 0.2) is 11.5 Å². The van der Waals surface area contributed by atoms with Crippen LogP contribution in [-0.2, 0) is 29.0 Å². The van der Waals surface area contributed by atoms with Gasteiger partial charge >= 0.3 is 0 Å². The fourth-order valence-corrected chi connectivity index (χ4v) is 4.48. The molecule has 2 atom stereocenters. The van der Waals surface area contributed by atoms with Gasteiger partial charge in [0.25, 0.3) is 0 Å². The molecule has 0 spiro atoms. The van der Waals surface area contributed by atoms with Gasteiger partial charge in [0.05, 0.1) is 14.2 Å². The largest absolute Gasteiger partial charge is 0.493 e. The van der Waals surface area contributed by atoms with Crippen LogP contribution in [0.25, 0.3) is 0 Å². The lowest BCUT2D eigenvalue weighted by atomic mass is 10.0. The standard InChI is InChI=1S/C31H37BrN2O4/c1-5-22(2)33-31(36)27(19-23-9-7-6-8-10-23)34(21-25-11-15-26(32)16-12-25)30(35)18-14-24-13-17-28(37-3)29(20-24)38-4/h6-13,15-17,20,22,27H,5,14,18-19,21H2,1-4H3,(H,33,36)/t22-,27+/m1/s1. The average molecular weight is 582 g/mol. The fourth-order valence-electron chi connectivity index (χ4n) is 4.21. The highest BCUT2D eigenvalue weighted by molar-refractivity contribution is 9.10. The summed E-state index contributed by atoms with van der Waals surface area (Å²) in [7, 11) is 3.19. The van der Waals surface area contributed by atoms with E-state index in [4.69, 9.17) is 9.47 Å². The van der Waals surface area contributed by atoms with Gasteiger partial charge in [-0.2, -0.15) is 0 Å². The number of amides is 2. The van der Waals surface area contributed by atoms with E-state index in [0.29, 0.717) is 30.9 Å². The van der Waals surface area contributed by atoms with Crippen LogP contribution in [0.15, 0.2) is 77.3 Å². The minimum Gasteiger partial charge on any atom is -0.493 e. The van der Waals surface area contributed by atoms with Gasteiger partial charge in [0.2, 0.25) is 11.8 Å². The second kappa shape index (κ2) is 14.6. The third-order valence-corrected chi connectivity index (χ3v) is 7.14. The molecule has 0 aromatic heterocycles. The Balaban J connectivity index is 1.90. The highest BCUT2D eigenvalue weighted by Gasteiger charge is 2.30. The molecule has 38 heavy (non-hydrogen) atoms. The van der Waals surface area contributed by atoms with Crippen molar-refractivity contribution in [3.05, 3.63) is 94.0 Å². The van der Waals surface area contributed by atoms with E-state index in [1.807, 2.05) is 86.6 Å². The van der Waals surface area contributed by atoms with Gasteiger partial charge in [-0.3, -0.25) is 9.59 Å².